The number of amides is 3. The van der Waals surface area contributed by atoms with Gasteiger partial charge in [-0.15, -0.1) is 0 Å². The monoisotopic (exact) mass is 388 g/mol. The maximum Gasteiger partial charge on any atom is 0.255 e. The highest BCUT2D eigenvalue weighted by atomic mass is 16.5. The van der Waals surface area contributed by atoms with E-state index < -0.39 is 11.7 Å². The van der Waals surface area contributed by atoms with Gasteiger partial charge in [0.15, 0.2) is 0 Å². The molecule has 152 valence electrons. The van der Waals surface area contributed by atoms with E-state index in [4.69, 9.17) is 4.74 Å². The third-order valence-corrected chi connectivity index (χ3v) is 5.46. The van der Waals surface area contributed by atoms with Crippen molar-refractivity contribution < 1.29 is 19.1 Å². The number of rotatable bonds is 5. The van der Waals surface area contributed by atoms with Crippen LogP contribution in [0.2, 0.25) is 0 Å². The Morgan fingerprint density at radius 1 is 1.32 bits per heavy atom. The quantitative estimate of drug-likeness (QED) is 0.654. The highest BCUT2D eigenvalue weighted by Gasteiger charge is 2.41. The van der Waals surface area contributed by atoms with Crippen LogP contribution in [0.15, 0.2) is 18.2 Å². The highest BCUT2D eigenvalue weighted by Crippen LogP contribution is 2.32. The largest absolute Gasteiger partial charge is 0.383 e. The van der Waals surface area contributed by atoms with Gasteiger partial charge in [-0.2, -0.15) is 0 Å². The first-order chi connectivity index (χ1) is 13.3. The van der Waals surface area contributed by atoms with Gasteiger partial charge >= 0.3 is 0 Å². The van der Waals surface area contributed by atoms with Crippen molar-refractivity contribution in [2.45, 2.75) is 44.8 Å². The van der Waals surface area contributed by atoms with E-state index in [2.05, 4.69) is 16.0 Å². The molecule has 0 aliphatic carbocycles. The Bertz CT molecular complexity index is 781. The number of ether oxygens (including phenoxy) is 1. The minimum atomic E-state index is -0.686. The van der Waals surface area contributed by atoms with Crippen LogP contribution in [0, 0.1) is 6.92 Å². The zero-order chi connectivity index (χ0) is 20.3. The van der Waals surface area contributed by atoms with Gasteiger partial charge in [0.2, 0.25) is 11.8 Å². The molecule has 2 aliphatic heterocycles. The average Bonchev–Trinajstić information content (AvgIpc) is 2.80. The van der Waals surface area contributed by atoms with Gasteiger partial charge in [0.05, 0.1) is 12.2 Å². The lowest BCUT2D eigenvalue weighted by atomic mass is 9.94. The Hall–Kier alpha value is -2.61. The molecule has 0 saturated carbocycles. The fourth-order valence-electron chi connectivity index (χ4n) is 3.78. The number of nitrogens with one attached hydrogen (secondary N) is 3. The van der Waals surface area contributed by atoms with Gasteiger partial charge in [-0.3, -0.25) is 14.4 Å². The number of benzene rings is 1. The third kappa shape index (κ3) is 4.11. The fraction of sp³-hybridized carbons (Fsp3) is 0.550. The molecule has 1 spiro atoms. The normalized spacial score (nSPS) is 22.8. The Balaban J connectivity index is 1.72. The summed E-state index contributed by atoms with van der Waals surface area (Å²) in [6, 6.07) is 5.08. The van der Waals surface area contributed by atoms with Crippen molar-refractivity contribution in [2.24, 2.45) is 0 Å². The lowest BCUT2D eigenvalue weighted by molar-refractivity contribution is -0.139. The molecule has 3 rings (SSSR count). The van der Waals surface area contributed by atoms with Crippen LogP contribution in [-0.2, 0) is 14.3 Å². The first-order valence-electron chi connectivity index (χ1n) is 9.63. The molecule has 2 heterocycles. The second kappa shape index (κ2) is 8.18. The van der Waals surface area contributed by atoms with Crippen molar-refractivity contribution in [3.8, 4) is 0 Å². The maximum absolute atomic E-state index is 12.7. The van der Waals surface area contributed by atoms with E-state index >= 15 is 0 Å². The number of likely N-dealkylation sites (tertiary alicyclic amines) is 1. The molecule has 0 aromatic heterocycles. The maximum atomic E-state index is 12.7. The zero-order valence-electron chi connectivity index (χ0n) is 16.6. The number of carbonyl (C=O) groups is 3. The summed E-state index contributed by atoms with van der Waals surface area (Å²) >= 11 is 0. The molecule has 2 aliphatic rings. The topological polar surface area (TPSA) is 99.8 Å². The summed E-state index contributed by atoms with van der Waals surface area (Å²) in [7, 11) is 1.57. The summed E-state index contributed by atoms with van der Waals surface area (Å²) < 4.78 is 4.94. The molecule has 0 radical (unpaired) electrons. The van der Waals surface area contributed by atoms with Crippen molar-refractivity contribution >= 4 is 23.4 Å². The van der Waals surface area contributed by atoms with Crippen molar-refractivity contribution in [3.05, 3.63) is 29.3 Å². The van der Waals surface area contributed by atoms with E-state index in [1.165, 1.54) is 0 Å². The van der Waals surface area contributed by atoms with E-state index in [-0.39, 0.29) is 24.1 Å². The van der Waals surface area contributed by atoms with Crippen LogP contribution < -0.4 is 16.0 Å². The minimum Gasteiger partial charge on any atom is -0.383 e. The third-order valence-electron chi connectivity index (χ3n) is 5.46. The predicted octanol–water partition coefficient (Wildman–Crippen LogP) is 1.01. The van der Waals surface area contributed by atoms with E-state index in [1.54, 1.807) is 25.0 Å². The van der Waals surface area contributed by atoms with Crippen LogP contribution in [0.3, 0.4) is 0 Å². The Morgan fingerprint density at radius 2 is 2.11 bits per heavy atom. The van der Waals surface area contributed by atoms with Gasteiger partial charge < -0.3 is 25.6 Å². The van der Waals surface area contributed by atoms with E-state index in [9.17, 15) is 14.4 Å². The van der Waals surface area contributed by atoms with Crippen LogP contribution in [0.4, 0.5) is 5.69 Å². The number of methoxy groups -OCH3 is 1. The van der Waals surface area contributed by atoms with E-state index in [0.29, 0.717) is 38.1 Å². The second-order valence-corrected chi connectivity index (χ2v) is 7.51. The average molecular weight is 388 g/mol. The Morgan fingerprint density at radius 3 is 2.86 bits per heavy atom. The van der Waals surface area contributed by atoms with Gasteiger partial charge in [0, 0.05) is 38.7 Å². The smallest absolute Gasteiger partial charge is 0.255 e. The first-order valence-corrected chi connectivity index (χ1v) is 9.63. The van der Waals surface area contributed by atoms with Crippen molar-refractivity contribution in [1.29, 1.82) is 0 Å². The summed E-state index contributed by atoms with van der Waals surface area (Å²) in [5.74, 6) is -0.430. The molecule has 3 N–H and O–H groups in total. The fourth-order valence-corrected chi connectivity index (χ4v) is 3.78. The molecule has 0 unspecified atom stereocenters. The predicted molar refractivity (Wildman–Crippen MR) is 105 cm³/mol. The van der Waals surface area contributed by atoms with Crippen LogP contribution in [0.1, 0.15) is 42.1 Å². The highest BCUT2D eigenvalue weighted by molar-refractivity contribution is 6.02. The standard InChI is InChI=1S/C20H28N4O4/c1-13-4-5-15-16(12-13)22-20(23-19(15)27)7-6-17(25)24(10-8-20)14(2)18(26)21-9-11-28-3/h4-5,12,14,22H,6-11H2,1-3H3,(H,21,26)(H,23,27)/t14-,20+/m0/s1. The SMILES string of the molecule is COCCNC(=O)[C@H](C)N1CC[C@@]2(CCC1=O)NC(=O)c1ccc(C)cc1N2. The van der Waals surface area contributed by atoms with Gasteiger partial charge in [0.1, 0.15) is 11.7 Å². The Labute approximate surface area is 165 Å². The lowest BCUT2D eigenvalue weighted by Crippen LogP contribution is -2.58. The first kappa shape index (κ1) is 20.1. The van der Waals surface area contributed by atoms with Crippen molar-refractivity contribution in [2.75, 3.05) is 32.1 Å². The van der Waals surface area contributed by atoms with E-state index in [0.717, 1.165) is 11.3 Å². The number of nitrogens with zero attached hydrogens (tertiary/aromatic N) is 1. The molecular formula is C20H28N4O4. The molecule has 1 fully saturated rings. The molecule has 2 atom stereocenters. The molecule has 1 aromatic rings. The van der Waals surface area contributed by atoms with Crippen molar-refractivity contribution in [3.63, 3.8) is 0 Å². The van der Waals surface area contributed by atoms with Gasteiger partial charge in [-0.25, -0.2) is 0 Å². The van der Waals surface area contributed by atoms with Crippen molar-refractivity contribution in [1.82, 2.24) is 15.5 Å². The molecule has 1 aromatic carbocycles. The molecule has 8 heteroatoms. The minimum absolute atomic E-state index is 0.0858. The number of fused-ring (bicyclic) bond motifs is 1. The van der Waals surface area contributed by atoms with E-state index in [1.807, 2.05) is 19.1 Å². The van der Waals surface area contributed by atoms with Crippen LogP contribution in [0.25, 0.3) is 0 Å². The molecule has 0 bridgehead atoms. The molecule has 1 saturated heterocycles. The number of hydrogen-bond donors (Lipinski definition) is 3. The van der Waals surface area contributed by atoms with Gasteiger partial charge in [-0.1, -0.05) is 6.07 Å². The molecule has 8 nitrogen and oxygen atoms in total. The Kier molecular flexibility index (Phi) is 5.88. The summed E-state index contributed by atoms with van der Waals surface area (Å²) in [6.45, 7) is 4.91. The lowest BCUT2D eigenvalue weighted by Gasteiger charge is -2.40. The summed E-state index contributed by atoms with van der Waals surface area (Å²) in [5, 5.41) is 9.28. The number of hydrogen-bond acceptors (Lipinski definition) is 5. The number of carbonyl (C=O) groups excluding carboxylic acids is 3. The molecular weight excluding hydrogens is 360 g/mol. The van der Waals surface area contributed by atoms with Crippen LogP contribution in [-0.4, -0.2) is 61.1 Å². The number of anilines is 1. The second-order valence-electron chi connectivity index (χ2n) is 7.51. The van der Waals surface area contributed by atoms with Crippen LogP contribution >= 0.6 is 0 Å². The zero-order valence-corrected chi connectivity index (χ0v) is 16.6. The van der Waals surface area contributed by atoms with Gasteiger partial charge in [0.25, 0.3) is 5.91 Å². The molecule has 3 amide bonds. The summed E-state index contributed by atoms with van der Waals surface area (Å²) in [5.41, 5.74) is 1.77. The molecule has 28 heavy (non-hydrogen) atoms. The summed E-state index contributed by atoms with van der Waals surface area (Å²) in [6.07, 6.45) is 1.25. The summed E-state index contributed by atoms with van der Waals surface area (Å²) in [4.78, 5) is 39.2. The van der Waals surface area contributed by atoms with Gasteiger partial charge in [-0.05, 0) is 38.0 Å². The number of aryl methyl sites for hydroxylation is 1. The van der Waals surface area contributed by atoms with Crippen LogP contribution in [0.5, 0.6) is 0 Å².